The third-order valence-electron chi connectivity index (χ3n) is 2.43. The molecule has 0 spiro atoms. The highest BCUT2D eigenvalue weighted by molar-refractivity contribution is 6.32. The first-order chi connectivity index (χ1) is 7.51. The lowest BCUT2D eigenvalue weighted by atomic mass is 9.99. The topological polar surface area (TPSA) is 38.7 Å². The fourth-order valence-corrected chi connectivity index (χ4v) is 1.79. The molecule has 1 rings (SSSR count). The summed E-state index contributed by atoms with van der Waals surface area (Å²) in [5, 5.41) is 10.4. The lowest BCUT2D eigenvalue weighted by molar-refractivity contribution is 0.126. The van der Waals surface area contributed by atoms with E-state index in [1.807, 2.05) is 13.8 Å². The first-order valence-corrected chi connectivity index (χ1v) is 5.48. The molecule has 1 unspecified atom stereocenters. The Balaban J connectivity index is 3.20. The van der Waals surface area contributed by atoms with Gasteiger partial charge in [0.15, 0.2) is 11.5 Å². The summed E-state index contributed by atoms with van der Waals surface area (Å²) in [6, 6.07) is 3.45. The molecule has 1 aromatic carbocycles. The monoisotopic (exact) mass is 244 g/mol. The van der Waals surface area contributed by atoms with Gasteiger partial charge in [0.1, 0.15) is 0 Å². The van der Waals surface area contributed by atoms with Crippen LogP contribution in [0.3, 0.4) is 0 Å². The predicted octanol–water partition coefficient (Wildman–Crippen LogP) is 3.05. The number of hydrogen-bond donors (Lipinski definition) is 1. The van der Waals surface area contributed by atoms with Gasteiger partial charge < -0.3 is 14.6 Å². The molecule has 0 aliphatic heterocycles. The molecule has 1 aromatic rings. The van der Waals surface area contributed by atoms with Gasteiger partial charge in [-0.05, 0) is 23.6 Å². The summed E-state index contributed by atoms with van der Waals surface area (Å²) in [5.41, 5.74) is 0.734. The highest BCUT2D eigenvalue weighted by atomic mass is 35.5. The molecule has 0 heterocycles. The average molecular weight is 245 g/mol. The maximum atomic E-state index is 9.95. The first kappa shape index (κ1) is 13.1. The molecule has 0 bridgehead atoms. The van der Waals surface area contributed by atoms with E-state index in [0.717, 1.165) is 5.56 Å². The molecule has 0 amide bonds. The van der Waals surface area contributed by atoms with Crippen LogP contribution in [0.2, 0.25) is 5.02 Å². The Morgan fingerprint density at radius 3 is 2.25 bits per heavy atom. The summed E-state index contributed by atoms with van der Waals surface area (Å²) in [7, 11) is 3.07. The van der Waals surface area contributed by atoms with Gasteiger partial charge in [-0.15, -0.1) is 0 Å². The maximum absolute atomic E-state index is 9.95. The molecule has 1 N–H and O–H groups in total. The second-order valence-corrected chi connectivity index (χ2v) is 4.33. The Bertz CT molecular complexity index is 364. The molecule has 0 aliphatic rings. The number of aliphatic hydroxyl groups is 1. The number of ether oxygens (including phenoxy) is 2. The van der Waals surface area contributed by atoms with Gasteiger partial charge in [-0.2, -0.15) is 0 Å². The molecule has 0 aromatic heterocycles. The van der Waals surface area contributed by atoms with Gasteiger partial charge in [-0.1, -0.05) is 25.4 Å². The number of methoxy groups -OCH3 is 2. The summed E-state index contributed by atoms with van der Waals surface area (Å²) in [6.45, 7) is 3.88. The minimum absolute atomic E-state index is 0.120. The quantitative estimate of drug-likeness (QED) is 0.885. The van der Waals surface area contributed by atoms with Crippen molar-refractivity contribution in [3.05, 3.63) is 22.7 Å². The molecule has 90 valence electrons. The lowest BCUT2D eigenvalue weighted by Crippen LogP contribution is -2.06. The van der Waals surface area contributed by atoms with E-state index in [0.29, 0.717) is 16.5 Å². The third-order valence-corrected chi connectivity index (χ3v) is 2.71. The van der Waals surface area contributed by atoms with E-state index in [1.165, 1.54) is 7.11 Å². The van der Waals surface area contributed by atoms with Crippen molar-refractivity contribution in [1.29, 1.82) is 0 Å². The van der Waals surface area contributed by atoms with E-state index < -0.39 is 6.10 Å². The fraction of sp³-hybridized carbons (Fsp3) is 0.500. The molecular weight excluding hydrogens is 228 g/mol. The first-order valence-electron chi connectivity index (χ1n) is 5.10. The molecule has 0 saturated carbocycles. The Morgan fingerprint density at radius 2 is 1.81 bits per heavy atom. The van der Waals surface area contributed by atoms with Gasteiger partial charge in [0.25, 0.3) is 0 Å². The Hall–Kier alpha value is -0.930. The standard InChI is InChI=1S/C12H17ClO3/c1-7(2)11(14)8-5-9(13)12(16-4)10(6-8)15-3/h5-7,11,14H,1-4H3. The summed E-state index contributed by atoms with van der Waals surface area (Å²) in [6.07, 6.45) is -0.558. The fourth-order valence-electron chi connectivity index (χ4n) is 1.49. The van der Waals surface area contributed by atoms with Crippen molar-refractivity contribution in [1.82, 2.24) is 0 Å². The number of rotatable bonds is 4. The van der Waals surface area contributed by atoms with Crippen molar-refractivity contribution in [3.8, 4) is 11.5 Å². The van der Waals surface area contributed by atoms with Crippen LogP contribution < -0.4 is 9.47 Å². The van der Waals surface area contributed by atoms with E-state index in [-0.39, 0.29) is 5.92 Å². The van der Waals surface area contributed by atoms with E-state index >= 15 is 0 Å². The summed E-state index contributed by atoms with van der Waals surface area (Å²) >= 11 is 6.05. The minimum atomic E-state index is -0.558. The van der Waals surface area contributed by atoms with E-state index in [4.69, 9.17) is 21.1 Å². The molecule has 0 saturated heterocycles. The van der Waals surface area contributed by atoms with Crippen molar-refractivity contribution in [3.63, 3.8) is 0 Å². The van der Waals surface area contributed by atoms with Crippen LogP contribution >= 0.6 is 11.6 Å². The van der Waals surface area contributed by atoms with Crippen LogP contribution in [0.25, 0.3) is 0 Å². The molecular formula is C12H17ClO3. The third kappa shape index (κ3) is 2.60. The van der Waals surface area contributed by atoms with Gasteiger partial charge in [0, 0.05) is 0 Å². The molecule has 0 fully saturated rings. The second kappa shape index (κ2) is 5.41. The van der Waals surface area contributed by atoms with Crippen molar-refractivity contribution in [2.75, 3.05) is 14.2 Å². The van der Waals surface area contributed by atoms with Crippen LogP contribution in [0.1, 0.15) is 25.5 Å². The number of aliphatic hydroxyl groups excluding tert-OH is 1. The average Bonchev–Trinajstić information content (AvgIpc) is 2.26. The lowest BCUT2D eigenvalue weighted by Gasteiger charge is -2.17. The molecule has 3 nitrogen and oxygen atoms in total. The van der Waals surface area contributed by atoms with Crippen LogP contribution in [0.4, 0.5) is 0 Å². The van der Waals surface area contributed by atoms with Crippen molar-refractivity contribution < 1.29 is 14.6 Å². The largest absolute Gasteiger partial charge is 0.493 e. The van der Waals surface area contributed by atoms with Crippen molar-refractivity contribution in [2.45, 2.75) is 20.0 Å². The van der Waals surface area contributed by atoms with Crippen LogP contribution in [0, 0.1) is 5.92 Å². The zero-order valence-corrected chi connectivity index (χ0v) is 10.7. The SMILES string of the molecule is COc1cc(C(O)C(C)C)cc(Cl)c1OC. The zero-order valence-electron chi connectivity index (χ0n) is 9.95. The van der Waals surface area contributed by atoms with Gasteiger partial charge in [-0.25, -0.2) is 0 Å². The van der Waals surface area contributed by atoms with Crippen LogP contribution in [0.5, 0.6) is 11.5 Å². The maximum Gasteiger partial charge on any atom is 0.179 e. The number of benzene rings is 1. The second-order valence-electron chi connectivity index (χ2n) is 3.93. The summed E-state index contributed by atoms with van der Waals surface area (Å²) in [5.74, 6) is 1.14. The normalized spacial score (nSPS) is 12.7. The van der Waals surface area contributed by atoms with Crippen molar-refractivity contribution in [2.24, 2.45) is 5.92 Å². The van der Waals surface area contributed by atoms with Gasteiger partial charge in [0.05, 0.1) is 25.3 Å². The van der Waals surface area contributed by atoms with Gasteiger partial charge >= 0.3 is 0 Å². The van der Waals surface area contributed by atoms with Gasteiger partial charge in [-0.3, -0.25) is 0 Å². The highest BCUT2D eigenvalue weighted by Crippen LogP contribution is 2.38. The molecule has 1 atom stereocenters. The van der Waals surface area contributed by atoms with E-state index in [9.17, 15) is 5.11 Å². The predicted molar refractivity (Wildman–Crippen MR) is 64.4 cm³/mol. The number of halogens is 1. The van der Waals surface area contributed by atoms with Crippen LogP contribution in [-0.2, 0) is 0 Å². The molecule has 0 radical (unpaired) electrons. The summed E-state index contributed by atoms with van der Waals surface area (Å²) in [4.78, 5) is 0. The van der Waals surface area contributed by atoms with Gasteiger partial charge in [0.2, 0.25) is 0 Å². The summed E-state index contributed by atoms with van der Waals surface area (Å²) < 4.78 is 10.3. The minimum Gasteiger partial charge on any atom is -0.493 e. The smallest absolute Gasteiger partial charge is 0.179 e. The Kier molecular flexibility index (Phi) is 4.44. The van der Waals surface area contributed by atoms with Crippen molar-refractivity contribution >= 4 is 11.6 Å². The number of hydrogen-bond acceptors (Lipinski definition) is 3. The molecule has 4 heteroatoms. The molecule has 0 aliphatic carbocycles. The molecule has 16 heavy (non-hydrogen) atoms. The van der Waals surface area contributed by atoms with Crippen LogP contribution in [0.15, 0.2) is 12.1 Å². The van der Waals surface area contributed by atoms with Crippen LogP contribution in [-0.4, -0.2) is 19.3 Å². The Labute approximate surface area is 101 Å². The van der Waals surface area contributed by atoms with E-state index in [2.05, 4.69) is 0 Å². The van der Waals surface area contributed by atoms with E-state index in [1.54, 1.807) is 19.2 Å². The highest BCUT2D eigenvalue weighted by Gasteiger charge is 2.17. The zero-order chi connectivity index (χ0) is 12.3. The Morgan fingerprint density at radius 1 is 1.19 bits per heavy atom.